The molecule has 1 aromatic carbocycles. The van der Waals surface area contributed by atoms with Crippen LogP contribution in [-0.2, 0) is 6.54 Å². The van der Waals surface area contributed by atoms with Crippen LogP contribution in [0.5, 0.6) is 5.75 Å². The zero-order valence-electron chi connectivity index (χ0n) is 11.1. The summed E-state index contributed by atoms with van der Waals surface area (Å²) in [5, 5.41) is 9.60. The Balaban J connectivity index is 1.94. The van der Waals surface area contributed by atoms with Crippen molar-refractivity contribution in [1.82, 2.24) is 15.5 Å². The van der Waals surface area contributed by atoms with Crippen molar-refractivity contribution in [2.24, 2.45) is 0 Å². The lowest BCUT2D eigenvalue weighted by molar-refractivity contribution is 0.0951. The maximum atomic E-state index is 11.9. The predicted molar refractivity (Wildman–Crippen MR) is 72.1 cm³/mol. The molecule has 2 rings (SSSR count). The normalized spacial score (nSPS) is 10.2. The van der Waals surface area contributed by atoms with Gasteiger partial charge in [-0.3, -0.25) is 9.89 Å². The van der Waals surface area contributed by atoms with Crippen molar-refractivity contribution in [3.63, 3.8) is 0 Å². The average molecular weight is 259 g/mol. The van der Waals surface area contributed by atoms with Gasteiger partial charge in [0, 0.05) is 23.4 Å². The van der Waals surface area contributed by atoms with Crippen molar-refractivity contribution in [2.45, 2.75) is 20.4 Å². The molecule has 5 heteroatoms. The number of ether oxygens (including phenoxy) is 1. The van der Waals surface area contributed by atoms with Gasteiger partial charge in [0.1, 0.15) is 5.75 Å². The molecular weight excluding hydrogens is 242 g/mol. The Labute approximate surface area is 112 Å². The highest BCUT2D eigenvalue weighted by molar-refractivity contribution is 5.94. The van der Waals surface area contributed by atoms with Crippen molar-refractivity contribution in [2.75, 3.05) is 6.61 Å². The van der Waals surface area contributed by atoms with Gasteiger partial charge in [-0.1, -0.05) is 0 Å². The molecule has 19 heavy (non-hydrogen) atoms. The van der Waals surface area contributed by atoms with Gasteiger partial charge in [-0.25, -0.2) is 0 Å². The Bertz CT molecular complexity index is 546. The van der Waals surface area contributed by atoms with Gasteiger partial charge in [0.15, 0.2) is 0 Å². The number of rotatable bonds is 5. The Morgan fingerprint density at radius 1 is 1.37 bits per heavy atom. The van der Waals surface area contributed by atoms with Crippen LogP contribution in [0.2, 0.25) is 0 Å². The van der Waals surface area contributed by atoms with Gasteiger partial charge in [0.05, 0.1) is 12.8 Å². The molecular formula is C14H17N3O2. The molecule has 0 radical (unpaired) electrons. The lowest BCUT2D eigenvalue weighted by Gasteiger charge is -2.06. The van der Waals surface area contributed by atoms with Gasteiger partial charge in [-0.15, -0.1) is 0 Å². The van der Waals surface area contributed by atoms with E-state index in [2.05, 4.69) is 15.5 Å². The first kappa shape index (κ1) is 13.1. The van der Waals surface area contributed by atoms with Crippen molar-refractivity contribution >= 4 is 5.91 Å². The molecule has 0 saturated heterocycles. The van der Waals surface area contributed by atoms with E-state index < -0.39 is 0 Å². The van der Waals surface area contributed by atoms with E-state index in [1.165, 1.54) is 0 Å². The quantitative estimate of drug-likeness (QED) is 0.863. The van der Waals surface area contributed by atoms with E-state index in [-0.39, 0.29) is 5.91 Å². The fourth-order valence-electron chi connectivity index (χ4n) is 1.70. The number of aromatic nitrogens is 2. The Morgan fingerprint density at radius 2 is 2.11 bits per heavy atom. The van der Waals surface area contributed by atoms with E-state index in [1.54, 1.807) is 30.5 Å². The van der Waals surface area contributed by atoms with Crippen molar-refractivity contribution in [3.05, 3.63) is 47.3 Å². The molecule has 2 N–H and O–H groups in total. The van der Waals surface area contributed by atoms with E-state index >= 15 is 0 Å². The number of aryl methyl sites for hydroxylation is 1. The summed E-state index contributed by atoms with van der Waals surface area (Å²) in [5.74, 6) is 0.661. The fraction of sp³-hybridized carbons (Fsp3) is 0.286. The van der Waals surface area contributed by atoms with E-state index in [1.807, 2.05) is 13.8 Å². The van der Waals surface area contributed by atoms with Crippen molar-refractivity contribution < 1.29 is 9.53 Å². The summed E-state index contributed by atoms with van der Waals surface area (Å²) in [7, 11) is 0. The highest BCUT2D eigenvalue weighted by Crippen LogP contribution is 2.12. The summed E-state index contributed by atoms with van der Waals surface area (Å²) in [5.41, 5.74) is 2.57. The minimum Gasteiger partial charge on any atom is -0.494 e. The molecule has 0 fully saturated rings. The molecule has 0 aliphatic rings. The molecule has 0 spiro atoms. The Morgan fingerprint density at radius 3 is 2.68 bits per heavy atom. The molecule has 0 unspecified atom stereocenters. The Hall–Kier alpha value is -2.30. The second kappa shape index (κ2) is 6.04. The summed E-state index contributed by atoms with van der Waals surface area (Å²) in [4.78, 5) is 11.9. The standard InChI is InChI=1S/C14H17N3O2/c1-3-19-13-6-4-11(5-7-13)14(18)15-8-12-9-16-17-10(12)2/h4-7,9H,3,8H2,1-2H3,(H,15,18)(H,16,17). The lowest BCUT2D eigenvalue weighted by atomic mass is 10.2. The average Bonchev–Trinajstić information content (AvgIpc) is 2.83. The molecule has 1 aromatic heterocycles. The number of carbonyl (C=O) groups excluding carboxylic acids is 1. The molecule has 1 amide bonds. The third kappa shape index (κ3) is 3.34. The molecule has 0 bridgehead atoms. The molecule has 0 saturated carbocycles. The zero-order chi connectivity index (χ0) is 13.7. The largest absolute Gasteiger partial charge is 0.494 e. The van der Waals surface area contributed by atoms with E-state index in [4.69, 9.17) is 4.74 Å². The second-order valence-corrected chi connectivity index (χ2v) is 4.16. The Kier molecular flexibility index (Phi) is 4.18. The number of carbonyl (C=O) groups is 1. The van der Waals surface area contributed by atoms with Crippen LogP contribution in [0.25, 0.3) is 0 Å². The fourth-order valence-corrected chi connectivity index (χ4v) is 1.70. The number of hydrogen-bond donors (Lipinski definition) is 2. The van der Waals surface area contributed by atoms with Gasteiger partial charge in [-0.2, -0.15) is 5.10 Å². The molecule has 0 aliphatic carbocycles. The van der Waals surface area contributed by atoms with Crippen molar-refractivity contribution in [3.8, 4) is 5.75 Å². The SMILES string of the molecule is CCOc1ccc(C(=O)NCc2cn[nH]c2C)cc1. The molecule has 2 aromatic rings. The lowest BCUT2D eigenvalue weighted by Crippen LogP contribution is -2.22. The number of nitrogens with one attached hydrogen (secondary N) is 2. The third-order valence-corrected chi connectivity index (χ3v) is 2.80. The van der Waals surface area contributed by atoms with Crippen LogP contribution in [0.1, 0.15) is 28.5 Å². The number of amides is 1. The van der Waals surface area contributed by atoms with Crippen LogP contribution in [0, 0.1) is 6.92 Å². The second-order valence-electron chi connectivity index (χ2n) is 4.16. The highest BCUT2D eigenvalue weighted by atomic mass is 16.5. The summed E-state index contributed by atoms with van der Waals surface area (Å²) in [6, 6.07) is 7.09. The van der Waals surface area contributed by atoms with Crippen molar-refractivity contribution in [1.29, 1.82) is 0 Å². The van der Waals surface area contributed by atoms with Gasteiger partial charge in [0.25, 0.3) is 5.91 Å². The zero-order valence-corrected chi connectivity index (χ0v) is 11.1. The number of H-pyrrole nitrogens is 1. The molecule has 1 heterocycles. The smallest absolute Gasteiger partial charge is 0.251 e. The van der Waals surface area contributed by atoms with Gasteiger partial charge in [0.2, 0.25) is 0 Å². The first-order valence-corrected chi connectivity index (χ1v) is 6.20. The molecule has 100 valence electrons. The van der Waals surface area contributed by atoms with Crippen LogP contribution in [-0.4, -0.2) is 22.7 Å². The van der Waals surface area contributed by atoms with Gasteiger partial charge in [-0.05, 0) is 38.1 Å². The van der Waals surface area contributed by atoms with Gasteiger partial charge >= 0.3 is 0 Å². The minimum absolute atomic E-state index is 0.108. The predicted octanol–water partition coefficient (Wildman–Crippen LogP) is 2.05. The molecule has 0 atom stereocenters. The summed E-state index contributed by atoms with van der Waals surface area (Å²) >= 11 is 0. The number of benzene rings is 1. The summed E-state index contributed by atoms with van der Waals surface area (Å²) in [6.45, 7) is 4.93. The van der Waals surface area contributed by atoms with Crippen LogP contribution >= 0.6 is 0 Å². The minimum atomic E-state index is -0.108. The number of aromatic amines is 1. The monoisotopic (exact) mass is 259 g/mol. The number of hydrogen-bond acceptors (Lipinski definition) is 3. The van der Waals surface area contributed by atoms with Crippen LogP contribution < -0.4 is 10.1 Å². The number of nitrogens with zero attached hydrogens (tertiary/aromatic N) is 1. The van der Waals surface area contributed by atoms with Crippen LogP contribution in [0.4, 0.5) is 0 Å². The summed E-state index contributed by atoms with van der Waals surface area (Å²) < 4.78 is 5.33. The molecule has 5 nitrogen and oxygen atoms in total. The maximum absolute atomic E-state index is 11.9. The molecule has 0 aliphatic heterocycles. The highest BCUT2D eigenvalue weighted by Gasteiger charge is 2.07. The van der Waals surface area contributed by atoms with Crippen LogP contribution in [0.3, 0.4) is 0 Å². The first-order chi connectivity index (χ1) is 9.20. The van der Waals surface area contributed by atoms with Gasteiger partial charge < -0.3 is 10.1 Å². The van der Waals surface area contributed by atoms with E-state index in [0.717, 1.165) is 17.0 Å². The van der Waals surface area contributed by atoms with Crippen LogP contribution in [0.15, 0.2) is 30.5 Å². The first-order valence-electron chi connectivity index (χ1n) is 6.20. The summed E-state index contributed by atoms with van der Waals surface area (Å²) in [6.07, 6.45) is 1.72. The van der Waals surface area contributed by atoms with E-state index in [9.17, 15) is 4.79 Å². The maximum Gasteiger partial charge on any atom is 0.251 e. The van der Waals surface area contributed by atoms with E-state index in [0.29, 0.717) is 18.7 Å². The third-order valence-electron chi connectivity index (χ3n) is 2.80. The topological polar surface area (TPSA) is 67.0 Å².